The van der Waals surface area contributed by atoms with E-state index in [2.05, 4.69) is 25.8 Å². The number of nitrogens with one attached hydrogen (secondary N) is 1. The number of hydrogen-bond donors (Lipinski definition) is 2. The summed E-state index contributed by atoms with van der Waals surface area (Å²) in [6, 6.07) is 15.0. The van der Waals surface area contributed by atoms with Crippen molar-refractivity contribution in [3.63, 3.8) is 0 Å². The highest BCUT2D eigenvalue weighted by atomic mass is 16.4. The van der Waals surface area contributed by atoms with Gasteiger partial charge in [0.05, 0.1) is 5.92 Å². The van der Waals surface area contributed by atoms with Crippen molar-refractivity contribution in [1.29, 1.82) is 0 Å². The highest BCUT2D eigenvalue weighted by Crippen LogP contribution is 2.30. The van der Waals surface area contributed by atoms with E-state index in [1.54, 1.807) is 12.3 Å². The monoisotopic (exact) mass is 349 g/mol. The number of benzene rings is 2. The van der Waals surface area contributed by atoms with E-state index >= 15 is 0 Å². The van der Waals surface area contributed by atoms with Crippen molar-refractivity contribution >= 4 is 22.7 Å². The highest BCUT2D eigenvalue weighted by Gasteiger charge is 2.27. The van der Waals surface area contributed by atoms with Gasteiger partial charge in [-0.3, -0.25) is 9.59 Å². The lowest BCUT2D eigenvalue weighted by molar-refractivity contribution is -0.138. The number of carboxylic acid groups (broad SMARTS) is 1. The molecule has 0 aliphatic rings. The number of Topliss-reactive ketones (excluding diaryl/α,β-unsaturated/α-hetero) is 1. The number of ketones is 1. The van der Waals surface area contributed by atoms with E-state index in [1.807, 2.05) is 42.5 Å². The fraction of sp³-hybridized carbons (Fsp3) is 0.273. The van der Waals surface area contributed by atoms with Gasteiger partial charge in [0.25, 0.3) is 0 Å². The van der Waals surface area contributed by atoms with E-state index < -0.39 is 11.9 Å². The number of H-pyrrole nitrogens is 1. The number of aliphatic carboxylic acids is 1. The summed E-state index contributed by atoms with van der Waals surface area (Å²) in [6.45, 7) is 6.26. The van der Waals surface area contributed by atoms with E-state index in [4.69, 9.17) is 0 Å². The van der Waals surface area contributed by atoms with Gasteiger partial charge in [0, 0.05) is 29.1 Å². The Balaban J connectivity index is 1.92. The quantitative estimate of drug-likeness (QED) is 0.643. The van der Waals surface area contributed by atoms with Crippen LogP contribution in [0.5, 0.6) is 0 Å². The molecule has 0 saturated carbocycles. The molecule has 0 amide bonds. The first-order valence-electron chi connectivity index (χ1n) is 8.70. The molecule has 4 nitrogen and oxygen atoms in total. The van der Waals surface area contributed by atoms with Crippen LogP contribution in [0.1, 0.15) is 54.6 Å². The number of carbonyl (C=O) groups excluding carboxylic acids is 1. The molecule has 0 bridgehead atoms. The molecule has 134 valence electrons. The Morgan fingerprint density at radius 3 is 2.50 bits per heavy atom. The van der Waals surface area contributed by atoms with Crippen molar-refractivity contribution in [1.82, 2.24) is 4.98 Å². The van der Waals surface area contributed by atoms with Crippen LogP contribution in [0.4, 0.5) is 0 Å². The smallest absolute Gasteiger partial charge is 0.311 e. The van der Waals surface area contributed by atoms with Crippen LogP contribution in [0.3, 0.4) is 0 Å². The van der Waals surface area contributed by atoms with Gasteiger partial charge in [-0.1, -0.05) is 57.2 Å². The molecule has 1 aromatic heterocycles. The molecule has 1 atom stereocenters. The van der Waals surface area contributed by atoms with Crippen LogP contribution in [0.25, 0.3) is 10.9 Å². The molecule has 26 heavy (non-hydrogen) atoms. The van der Waals surface area contributed by atoms with Gasteiger partial charge in [-0.25, -0.2) is 0 Å². The number of aromatic nitrogens is 1. The minimum absolute atomic E-state index is 0.0647. The maximum absolute atomic E-state index is 12.8. The molecule has 1 heterocycles. The van der Waals surface area contributed by atoms with Crippen molar-refractivity contribution in [2.75, 3.05) is 0 Å². The van der Waals surface area contributed by atoms with Crippen LogP contribution >= 0.6 is 0 Å². The van der Waals surface area contributed by atoms with Crippen molar-refractivity contribution in [2.45, 2.75) is 38.5 Å². The van der Waals surface area contributed by atoms with E-state index in [9.17, 15) is 14.7 Å². The van der Waals surface area contributed by atoms with Gasteiger partial charge in [-0.15, -0.1) is 0 Å². The molecule has 2 N–H and O–H groups in total. The lowest BCUT2D eigenvalue weighted by Gasteiger charge is -2.20. The van der Waals surface area contributed by atoms with E-state index in [1.165, 1.54) is 0 Å². The van der Waals surface area contributed by atoms with Gasteiger partial charge in [0.2, 0.25) is 0 Å². The minimum Gasteiger partial charge on any atom is -0.481 e. The zero-order valence-corrected chi connectivity index (χ0v) is 15.2. The number of hydrogen-bond acceptors (Lipinski definition) is 2. The number of carboxylic acids is 1. The van der Waals surface area contributed by atoms with Crippen LogP contribution in [0.2, 0.25) is 0 Å². The van der Waals surface area contributed by atoms with Crippen molar-refractivity contribution in [2.24, 2.45) is 0 Å². The number of aromatic amines is 1. The molecule has 3 aromatic rings. The Hall–Kier alpha value is -2.88. The van der Waals surface area contributed by atoms with Crippen LogP contribution in [-0.4, -0.2) is 21.8 Å². The van der Waals surface area contributed by atoms with Crippen LogP contribution < -0.4 is 0 Å². The van der Waals surface area contributed by atoms with Gasteiger partial charge in [-0.2, -0.15) is 0 Å². The van der Waals surface area contributed by atoms with Crippen LogP contribution in [0.15, 0.2) is 54.7 Å². The molecular weight excluding hydrogens is 326 g/mol. The summed E-state index contributed by atoms with van der Waals surface area (Å²) in [5, 5.41) is 10.6. The Bertz CT molecular complexity index is 963. The summed E-state index contributed by atoms with van der Waals surface area (Å²) in [6.07, 6.45) is 1.63. The Labute approximate surface area is 152 Å². The van der Waals surface area contributed by atoms with Crippen LogP contribution in [0, 0.1) is 0 Å². The molecule has 0 spiro atoms. The molecule has 4 heteroatoms. The van der Waals surface area contributed by atoms with Gasteiger partial charge in [0.15, 0.2) is 5.78 Å². The normalized spacial score (nSPS) is 12.9. The van der Waals surface area contributed by atoms with Crippen LogP contribution in [-0.2, 0) is 10.2 Å². The first kappa shape index (κ1) is 17.9. The van der Waals surface area contributed by atoms with E-state index in [0.29, 0.717) is 11.1 Å². The zero-order chi connectivity index (χ0) is 18.9. The molecular formula is C22H23NO3. The second-order valence-electron chi connectivity index (χ2n) is 7.64. The Morgan fingerprint density at radius 1 is 1.08 bits per heavy atom. The molecule has 0 radical (unpaired) electrons. The fourth-order valence-corrected chi connectivity index (χ4v) is 3.17. The molecule has 0 aliphatic carbocycles. The summed E-state index contributed by atoms with van der Waals surface area (Å²) in [4.78, 5) is 27.8. The average Bonchev–Trinajstić information content (AvgIpc) is 3.02. The van der Waals surface area contributed by atoms with Crippen molar-refractivity contribution in [3.8, 4) is 0 Å². The summed E-state index contributed by atoms with van der Waals surface area (Å²) in [7, 11) is 0. The first-order chi connectivity index (χ1) is 12.3. The third-order valence-electron chi connectivity index (χ3n) is 4.73. The Morgan fingerprint density at radius 2 is 1.81 bits per heavy atom. The average molecular weight is 349 g/mol. The fourth-order valence-electron chi connectivity index (χ4n) is 3.17. The second-order valence-corrected chi connectivity index (χ2v) is 7.64. The first-order valence-corrected chi connectivity index (χ1v) is 8.70. The van der Waals surface area contributed by atoms with Gasteiger partial charge >= 0.3 is 5.97 Å². The van der Waals surface area contributed by atoms with E-state index in [0.717, 1.165) is 16.5 Å². The van der Waals surface area contributed by atoms with Crippen molar-refractivity contribution in [3.05, 3.63) is 71.4 Å². The molecule has 0 fully saturated rings. The molecule has 1 unspecified atom stereocenters. The third-order valence-corrected chi connectivity index (χ3v) is 4.73. The molecule has 3 rings (SSSR count). The van der Waals surface area contributed by atoms with Gasteiger partial charge in [0.1, 0.15) is 0 Å². The summed E-state index contributed by atoms with van der Waals surface area (Å²) in [5.74, 6) is -2.03. The second kappa shape index (κ2) is 6.79. The number of fused-ring (bicyclic) bond motifs is 1. The Kier molecular flexibility index (Phi) is 4.68. The maximum Gasteiger partial charge on any atom is 0.311 e. The summed E-state index contributed by atoms with van der Waals surface area (Å²) >= 11 is 0. The van der Waals surface area contributed by atoms with Gasteiger partial charge in [-0.05, 0) is 28.7 Å². The van der Waals surface area contributed by atoms with E-state index in [-0.39, 0.29) is 17.6 Å². The zero-order valence-electron chi connectivity index (χ0n) is 15.2. The predicted molar refractivity (Wildman–Crippen MR) is 103 cm³/mol. The SMILES string of the molecule is CC(C)(C)c1cccc(C(=O)CC(C(=O)O)c2c[nH]c3ccccc23)c1. The molecule has 0 aliphatic heterocycles. The topological polar surface area (TPSA) is 70.2 Å². The number of rotatable bonds is 5. The van der Waals surface area contributed by atoms with Gasteiger partial charge < -0.3 is 10.1 Å². The lowest BCUT2D eigenvalue weighted by Crippen LogP contribution is -2.17. The number of carbonyl (C=O) groups is 2. The summed E-state index contributed by atoms with van der Waals surface area (Å²) < 4.78 is 0. The van der Waals surface area contributed by atoms with Crippen molar-refractivity contribution < 1.29 is 14.7 Å². The summed E-state index contributed by atoms with van der Waals surface area (Å²) in [5.41, 5.74) is 3.06. The molecule has 2 aromatic carbocycles. The lowest BCUT2D eigenvalue weighted by atomic mass is 9.84. The third kappa shape index (κ3) is 3.54. The highest BCUT2D eigenvalue weighted by molar-refractivity contribution is 6.00. The largest absolute Gasteiger partial charge is 0.481 e. The maximum atomic E-state index is 12.8. The standard InChI is InChI=1S/C22H23NO3/c1-22(2,3)15-8-6-7-14(11-15)20(24)12-17(21(25)26)18-13-23-19-10-5-4-9-16(18)19/h4-11,13,17,23H,12H2,1-3H3,(H,25,26). The molecule has 0 saturated heterocycles. The predicted octanol–water partition coefficient (Wildman–Crippen LogP) is 4.91. The number of para-hydroxylation sites is 1. The minimum atomic E-state index is -0.991.